The van der Waals surface area contributed by atoms with Gasteiger partial charge in [0, 0.05) is 43.6 Å². The summed E-state index contributed by atoms with van der Waals surface area (Å²) < 4.78 is 22.8. The third-order valence-corrected chi connectivity index (χ3v) is 9.20. The molecular formula is C39H39N11O9. The molecule has 0 atom stereocenters. The van der Waals surface area contributed by atoms with Crippen LogP contribution < -0.4 is 31.6 Å². The third kappa shape index (κ3) is 8.22. The van der Waals surface area contributed by atoms with Gasteiger partial charge in [-0.05, 0) is 43.7 Å². The Balaban J connectivity index is 1.30. The summed E-state index contributed by atoms with van der Waals surface area (Å²) in [5.41, 5.74) is 14.3. The molecule has 1 aliphatic heterocycles. The van der Waals surface area contributed by atoms with Crippen molar-refractivity contribution in [2.45, 2.75) is 53.2 Å². The molecule has 20 nitrogen and oxygen atoms in total. The first kappa shape index (κ1) is 39.5. The van der Waals surface area contributed by atoms with Gasteiger partial charge < -0.3 is 39.6 Å². The number of oxazole rings is 1. The molecule has 59 heavy (non-hydrogen) atoms. The molecule has 304 valence electrons. The minimum absolute atomic E-state index is 0.0143. The summed E-state index contributed by atoms with van der Waals surface area (Å²) >= 11 is 0. The minimum Gasteiger partial charge on any atom is -0.491 e. The van der Waals surface area contributed by atoms with E-state index in [0.717, 1.165) is 6.08 Å². The number of carboxylic acid groups (broad SMARTS) is 1. The Labute approximate surface area is 334 Å². The van der Waals surface area contributed by atoms with Gasteiger partial charge in [0.2, 0.25) is 29.5 Å². The zero-order valence-corrected chi connectivity index (χ0v) is 32.1. The number of aliphatic carboxylic acids is 1. The first-order valence-electron chi connectivity index (χ1n) is 18.4. The molecule has 0 saturated heterocycles. The Bertz CT molecular complexity index is 2730. The number of benzene rings is 2. The highest BCUT2D eigenvalue weighted by molar-refractivity contribution is 6.05. The monoisotopic (exact) mass is 805 g/mol. The number of anilines is 2. The number of carbonyl (C=O) groups is 5. The molecule has 7 N–H and O–H groups in total. The first-order chi connectivity index (χ1) is 28.3. The second kappa shape index (κ2) is 16.4. The van der Waals surface area contributed by atoms with Gasteiger partial charge in [-0.1, -0.05) is 25.2 Å². The number of nitrogens with zero attached hydrogens (tertiary/aromatic N) is 7. The number of carbonyl (C=O) groups excluding carboxylic acids is 4. The number of primary amides is 2. The van der Waals surface area contributed by atoms with Crippen LogP contribution in [0.25, 0.3) is 22.1 Å². The summed E-state index contributed by atoms with van der Waals surface area (Å²) in [5, 5.41) is 19.0. The molecular weight excluding hydrogens is 766 g/mol. The zero-order valence-electron chi connectivity index (χ0n) is 32.1. The minimum atomic E-state index is -1.14. The first-order valence-corrected chi connectivity index (χ1v) is 18.4. The number of amides is 4. The normalized spacial score (nSPS) is 13.7. The molecule has 6 aromatic rings. The molecule has 7 rings (SSSR count). The number of nitrogens with two attached hydrogens (primary N) is 2. The quantitative estimate of drug-likeness (QED) is 0.0980. The Morgan fingerprint density at radius 1 is 0.814 bits per heavy atom. The Morgan fingerprint density at radius 3 is 1.90 bits per heavy atom. The van der Waals surface area contributed by atoms with E-state index in [2.05, 4.69) is 30.7 Å². The molecule has 4 amide bonds. The number of rotatable bonds is 10. The lowest BCUT2D eigenvalue weighted by Crippen LogP contribution is -2.20. The smallest absolute Gasteiger partial charge is 0.328 e. The van der Waals surface area contributed by atoms with Crippen molar-refractivity contribution in [3.63, 3.8) is 0 Å². The predicted octanol–water partition coefficient (Wildman–Crippen LogP) is 3.51. The van der Waals surface area contributed by atoms with Crippen LogP contribution in [-0.2, 0) is 30.8 Å². The number of ether oxygens (including phenoxy) is 2. The maximum Gasteiger partial charge on any atom is 0.328 e. The number of aryl methyl sites for hydroxylation is 3. The number of allylic oxidation sites excluding steroid dienone is 3. The molecule has 4 aromatic heterocycles. The predicted molar refractivity (Wildman–Crippen MR) is 212 cm³/mol. The third-order valence-electron chi connectivity index (χ3n) is 9.20. The summed E-state index contributed by atoms with van der Waals surface area (Å²) in [6, 6.07) is 7.56. The van der Waals surface area contributed by atoms with E-state index in [1.54, 1.807) is 41.2 Å². The lowest BCUT2D eigenvalue weighted by molar-refractivity contribution is -0.131. The summed E-state index contributed by atoms with van der Waals surface area (Å²) in [6.07, 6.45) is 6.67. The van der Waals surface area contributed by atoms with Crippen LogP contribution >= 0.6 is 0 Å². The van der Waals surface area contributed by atoms with Crippen LogP contribution in [0.2, 0.25) is 0 Å². The Kier molecular flexibility index (Phi) is 11.0. The van der Waals surface area contributed by atoms with Crippen molar-refractivity contribution in [2.24, 2.45) is 11.5 Å². The van der Waals surface area contributed by atoms with E-state index in [-0.39, 0.29) is 78.8 Å². The van der Waals surface area contributed by atoms with Crippen LogP contribution in [0, 0.1) is 13.8 Å². The average molecular weight is 806 g/mol. The van der Waals surface area contributed by atoms with Crippen LogP contribution in [0.3, 0.4) is 0 Å². The second-order valence-electron chi connectivity index (χ2n) is 13.4. The van der Waals surface area contributed by atoms with Crippen molar-refractivity contribution in [1.82, 2.24) is 33.9 Å². The van der Waals surface area contributed by atoms with E-state index in [1.807, 2.05) is 6.92 Å². The summed E-state index contributed by atoms with van der Waals surface area (Å²) in [6.45, 7) is 5.64. The molecule has 0 unspecified atom stereocenters. The Hall–Kier alpha value is -7.77. The fraction of sp³-hybridized carbons (Fsp3) is 0.256. The second-order valence-corrected chi connectivity index (χ2v) is 13.4. The van der Waals surface area contributed by atoms with Gasteiger partial charge in [-0.25, -0.2) is 19.7 Å². The maximum atomic E-state index is 13.8. The van der Waals surface area contributed by atoms with Gasteiger partial charge >= 0.3 is 5.97 Å². The lowest BCUT2D eigenvalue weighted by atomic mass is 10.1. The fourth-order valence-electron chi connectivity index (χ4n) is 6.63. The molecule has 0 aliphatic carbocycles. The van der Waals surface area contributed by atoms with Crippen LogP contribution in [0.1, 0.15) is 72.4 Å². The highest BCUT2D eigenvalue weighted by Crippen LogP contribution is 2.34. The molecule has 1 aliphatic rings. The standard InChI is InChI=1S/C39H39N11O9/c1-4-24-33(59-21(3)42-24)37(56)46-39-44-26-17-23(35(41)54)19-29-32(26)49(39)11-6-5-10-48-31-25(16-22(34(40)53)18-28(31)57-13-8-14-58-29)43-38(48)45-36(55)27-15-20(2)47-50(27)12-7-9-30(51)52/h5-7,9,15-19H,4,8,10-14H2,1-3H3,(H2,40,53)(H2,41,54)(H,51,52)(H,43,45,55)(H,44,46,56)/b6-5+,9-7+. The zero-order chi connectivity index (χ0) is 42.0. The largest absolute Gasteiger partial charge is 0.491 e. The summed E-state index contributed by atoms with van der Waals surface area (Å²) in [5.74, 6) is -2.60. The van der Waals surface area contributed by atoms with Gasteiger partial charge in [0.05, 0.1) is 42.2 Å². The van der Waals surface area contributed by atoms with Crippen LogP contribution in [0.4, 0.5) is 11.9 Å². The van der Waals surface area contributed by atoms with E-state index in [1.165, 1.54) is 35.0 Å². The molecule has 0 bridgehead atoms. The molecule has 0 saturated carbocycles. The van der Waals surface area contributed by atoms with Crippen molar-refractivity contribution >= 4 is 63.6 Å². The van der Waals surface area contributed by atoms with E-state index in [0.29, 0.717) is 52.2 Å². The van der Waals surface area contributed by atoms with Gasteiger partial charge in [0.25, 0.3) is 11.8 Å². The van der Waals surface area contributed by atoms with Crippen molar-refractivity contribution in [3.8, 4) is 11.5 Å². The topological polar surface area (TPSA) is 280 Å². The Morgan fingerprint density at radius 2 is 1.37 bits per heavy atom. The SMILES string of the molecule is CCc1nc(C)oc1C(=O)Nc1nc2cc(C(N)=O)cc3c2n1C/C=C/Cn1c(NC(=O)c2cc(C)nn2C/C=C/C(=O)O)nc2cc(C(N)=O)cc(c21)OCCCO3. The number of nitrogens with one attached hydrogen (secondary N) is 2. The number of imidazole rings is 2. The lowest BCUT2D eigenvalue weighted by Gasteiger charge is -2.13. The molecule has 0 radical (unpaired) electrons. The van der Waals surface area contributed by atoms with Gasteiger partial charge in [-0.15, -0.1) is 0 Å². The number of hydrogen-bond donors (Lipinski definition) is 5. The molecule has 20 heteroatoms. The van der Waals surface area contributed by atoms with Gasteiger partial charge in [-0.3, -0.25) is 34.5 Å². The van der Waals surface area contributed by atoms with Gasteiger partial charge in [0.1, 0.15) is 28.2 Å². The van der Waals surface area contributed by atoms with Crippen molar-refractivity contribution in [3.05, 3.63) is 94.5 Å². The number of hydrogen-bond acceptors (Lipinski definition) is 12. The number of carboxylic acids is 1. The maximum absolute atomic E-state index is 13.8. The molecule has 0 spiro atoms. The van der Waals surface area contributed by atoms with E-state index >= 15 is 0 Å². The van der Waals surface area contributed by atoms with Crippen LogP contribution in [-0.4, -0.2) is 81.8 Å². The number of aromatic nitrogens is 7. The van der Waals surface area contributed by atoms with E-state index in [4.69, 9.17) is 30.5 Å². The van der Waals surface area contributed by atoms with Crippen molar-refractivity contribution in [1.29, 1.82) is 0 Å². The summed E-state index contributed by atoms with van der Waals surface area (Å²) in [7, 11) is 0. The highest BCUT2D eigenvalue weighted by atomic mass is 16.5. The fourth-order valence-corrected chi connectivity index (χ4v) is 6.63. The highest BCUT2D eigenvalue weighted by Gasteiger charge is 2.25. The van der Waals surface area contributed by atoms with Crippen molar-refractivity contribution < 1.29 is 43.0 Å². The average Bonchev–Trinajstić information content (AvgIpc) is 3.94. The molecule has 5 heterocycles. The van der Waals surface area contributed by atoms with Gasteiger partial charge in [0.15, 0.2) is 5.89 Å². The van der Waals surface area contributed by atoms with Gasteiger partial charge in [-0.2, -0.15) is 5.10 Å². The molecule has 0 fully saturated rings. The summed E-state index contributed by atoms with van der Waals surface area (Å²) in [4.78, 5) is 76.9. The van der Waals surface area contributed by atoms with Crippen molar-refractivity contribution in [2.75, 3.05) is 23.8 Å². The van der Waals surface area contributed by atoms with Crippen LogP contribution in [0.5, 0.6) is 11.5 Å². The van der Waals surface area contributed by atoms with E-state index < -0.39 is 29.6 Å². The van der Waals surface area contributed by atoms with E-state index in [9.17, 15) is 24.0 Å². The van der Waals surface area contributed by atoms with Crippen LogP contribution in [0.15, 0.2) is 59.1 Å². The molecule has 2 aromatic carbocycles.